The lowest BCUT2D eigenvalue weighted by Gasteiger charge is -2.12. The second kappa shape index (κ2) is 5.54. The molecule has 0 radical (unpaired) electrons. The monoisotopic (exact) mass is 296 g/mol. The molecule has 2 aromatic heterocycles. The van der Waals surface area contributed by atoms with Crippen molar-refractivity contribution in [3.63, 3.8) is 0 Å². The number of carbonyl (C=O) groups is 1. The van der Waals surface area contributed by atoms with Crippen LogP contribution < -0.4 is 11.1 Å². The van der Waals surface area contributed by atoms with Gasteiger partial charge in [0.1, 0.15) is 10.2 Å². The maximum Gasteiger partial charge on any atom is 0.255 e. The lowest BCUT2D eigenvalue weighted by molar-refractivity contribution is 0.0939. The minimum absolute atomic E-state index is 0.134. The number of rotatable bonds is 3. The van der Waals surface area contributed by atoms with Crippen LogP contribution in [0.2, 0.25) is 5.15 Å². The minimum Gasteiger partial charge on any atom is -0.397 e. The number of anilines is 1. The van der Waals surface area contributed by atoms with Gasteiger partial charge in [-0.1, -0.05) is 11.6 Å². The summed E-state index contributed by atoms with van der Waals surface area (Å²) < 4.78 is 0. The molecule has 1 unspecified atom stereocenters. The first-order valence-corrected chi connectivity index (χ1v) is 6.81. The van der Waals surface area contributed by atoms with Crippen LogP contribution in [0.15, 0.2) is 18.5 Å². The van der Waals surface area contributed by atoms with Crippen molar-refractivity contribution in [2.45, 2.75) is 19.9 Å². The fraction of sp³-hybridized carbons (Fsp3) is 0.250. The number of pyridine rings is 1. The lowest BCUT2D eigenvalue weighted by atomic mass is 10.2. The smallest absolute Gasteiger partial charge is 0.255 e. The highest BCUT2D eigenvalue weighted by Crippen LogP contribution is 2.21. The number of nitrogens with zero attached hydrogens (tertiary/aromatic N) is 2. The number of hydrogen-bond donors (Lipinski definition) is 2. The number of nitrogen functional groups attached to an aromatic ring is 1. The van der Waals surface area contributed by atoms with Gasteiger partial charge in [-0.15, -0.1) is 11.3 Å². The van der Waals surface area contributed by atoms with E-state index < -0.39 is 0 Å². The zero-order valence-corrected chi connectivity index (χ0v) is 12.0. The summed E-state index contributed by atoms with van der Waals surface area (Å²) in [6.45, 7) is 3.83. The maximum absolute atomic E-state index is 12.1. The number of aromatic nitrogens is 2. The van der Waals surface area contributed by atoms with E-state index in [-0.39, 0.29) is 22.7 Å². The van der Waals surface area contributed by atoms with Crippen molar-refractivity contribution in [2.24, 2.45) is 0 Å². The molecule has 0 spiro atoms. The second-order valence-electron chi connectivity index (χ2n) is 4.11. The van der Waals surface area contributed by atoms with E-state index >= 15 is 0 Å². The van der Waals surface area contributed by atoms with Gasteiger partial charge in [0.15, 0.2) is 0 Å². The molecule has 2 rings (SSSR count). The van der Waals surface area contributed by atoms with E-state index in [1.165, 1.54) is 12.3 Å². The molecule has 19 heavy (non-hydrogen) atoms. The Kier molecular flexibility index (Phi) is 4.01. The Labute approximate surface area is 119 Å². The van der Waals surface area contributed by atoms with E-state index in [4.69, 9.17) is 17.3 Å². The number of amides is 1. The first-order chi connectivity index (χ1) is 8.97. The molecule has 7 heteroatoms. The predicted molar refractivity (Wildman–Crippen MR) is 76.4 cm³/mol. The molecule has 0 aromatic carbocycles. The standard InChI is InChI=1S/C12H13ClN4OS/c1-6-4-16-12(19-6)7(2)17-11(18)9-3-8(14)5-15-10(9)13/h3-5,7H,14H2,1-2H3,(H,17,18). The maximum atomic E-state index is 12.1. The summed E-state index contributed by atoms with van der Waals surface area (Å²) in [6, 6.07) is 1.31. The third kappa shape index (κ3) is 3.21. The van der Waals surface area contributed by atoms with Crippen molar-refractivity contribution >= 4 is 34.5 Å². The molecule has 0 aliphatic carbocycles. The summed E-state index contributed by atoms with van der Waals surface area (Å²) >= 11 is 7.43. The van der Waals surface area contributed by atoms with E-state index in [2.05, 4.69) is 15.3 Å². The van der Waals surface area contributed by atoms with Gasteiger partial charge in [-0.25, -0.2) is 9.97 Å². The third-order valence-electron chi connectivity index (χ3n) is 2.46. The minimum atomic E-state index is -0.315. The molecular formula is C12H13ClN4OS. The van der Waals surface area contributed by atoms with Crippen LogP contribution in [0.4, 0.5) is 5.69 Å². The van der Waals surface area contributed by atoms with Crippen LogP contribution in [-0.4, -0.2) is 15.9 Å². The number of nitrogens with one attached hydrogen (secondary N) is 1. The van der Waals surface area contributed by atoms with E-state index in [0.29, 0.717) is 5.69 Å². The molecule has 2 heterocycles. The summed E-state index contributed by atoms with van der Waals surface area (Å²) in [7, 11) is 0. The molecule has 5 nitrogen and oxygen atoms in total. The van der Waals surface area contributed by atoms with Crippen LogP contribution in [0.5, 0.6) is 0 Å². The lowest BCUT2D eigenvalue weighted by Crippen LogP contribution is -2.27. The van der Waals surface area contributed by atoms with Crippen LogP contribution in [0.1, 0.15) is 33.2 Å². The number of carbonyl (C=O) groups excluding carboxylic acids is 1. The Hall–Kier alpha value is -1.66. The quantitative estimate of drug-likeness (QED) is 0.853. The molecule has 0 fully saturated rings. The van der Waals surface area contributed by atoms with Gasteiger partial charge in [0.25, 0.3) is 5.91 Å². The van der Waals surface area contributed by atoms with Crippen LogP contribution >= 0.6 is 22.9 Å². The third-order valence-corrected chi connectivity index (χ3v) is 3.86. The Bertz CT molecular complexity index is 614. The van der Waals surface area contributed by atoms with Gasteiger partial charge < -0.3 is 11.1 Å². The predicted octanol–water partition coefficient (Wildman–Crippen LogP) is 2.57. The highest BCUT2D eigenvalue weighted by Gasteiger charge is 2.17. The largest absolute Gasteiger partial charge is 0.397 e. The number of halogens is 1. The molecule has 100 valence electrons. The van der Waals surface area contributed by atoms with E-state index in [1.807, 2.05) is 13.8 Å². The summed E-state index contributed by atoms with van der Waals surface area (Å²) in [4.78, 5) is 21.3. The Morgan fingerprint density at radius 3 is 2.84 bits per heavy atom. The summed E-state index contributed by atoms with van der Waals surface area (Å²) in [5.41, 5.74) is 6.26. The molecule has 0 saturated heterocycles. The van der Waals surface area contributed by atoms with Crippen molar-refractivity contribution < 1.29 is 4.79 Å². The molecule has 2 aromatic rings. The summed E-state index contributed by atoms with van der Waals surface area (Å²) in [6.07, 6.45) is 3.18. The number of aryl methyl sites for hydroxylation is 1. The van der Waals surface area contributed by atoms with Crippen molar-refractivity contribution in [1.82, 2.24) is 15.3 Å². The van der Waals surface area contributed by atoms with E-state index in [9.17, 15) is 4.79 Å². The van der Waals surface area contributed by atoms with Crippen molar-refractivity contribution in [3.8, 4) is 0 Å². The van der Waals surface area contributed by atoms with Gasteiger partial charge in [-0.3, -0.25) is 4.79 Å². The number of hydrogen-bond acceptors (Lipinski definition) is 5. The first kappa shape index (κ1) is 13.8. The van der Waals surface area contributed by atoms with Crippen LogP contribution in [0, 0.1) is 6.92 Å². The van der Waals surface area contributed by atoms with Gasteiger partial charge >= 0.3 is 0 Å². The van der Waals surface area contributed by atoms with Gasteiger partial charge in [0.2, 0.25) is 0 Å². The molecule has 0 bridgehead atoms. The first-order valence-electron chi connectivity index (χ1n) is 5.61. The van der Waals surface area contributed by atoms with Crippen molar-refractivity contribution in [1.29, 1.82) is 0 Å². The summed E-state index contributed by atoms with van der Waals surface area (Å²) in [5.74, 6) is -0.315. The molecule has 0 saturated carbocycles. The molecule has 1 atom stereocenters. The number of nitrogens with two attached hydrogens (primary N) is 1. The van der Waals surface area contributed by atoms with Gasteiger partial charge in [-0.2, -0.15) is 0 Å². The Morgan fingerprint density at radius 1 is 1.47 bits per heavy atom. The summed E-state index contributed by atoms with van der Waals surface area (Å²) in [5, 5.41) is 3.80. The van der Waals surface area contributed by atoms with Gasteiger partial charge in [-0.05, 0) is 19.9 Å². The average molecular weight is 297 g/mol. The molecule has 0 aliphatic heterocycles. The van der Waals surface area contributed by atoms with Gasteiger partial charge in [0, 0.05) is 11.1 Å². The molecule has 3 N–H and O–H groups in total. The van der Waals surface area contributed by atoms with Gasteiger partial charge in [0.05, 0.1) is 23.5 Å². The van der Waals surface area contributed by atoms with Crippen LogP contribution in [0.3, 0.4) is 0 Å². The topological polar surface area (TPSA) is 80.9 Å². The SMILES string of the molecule is Cc1cnc(C(C)NC(=O)c2cc(N)cnc2Cl)s1. The van der Waals surface area contributed by atoms with Crippen molar-refractivity contribution in [2.75, 3.05) is 5.73 Å². The molecule has 1 amide bonds. The Balaban J connectivity index is 2.15. The number of thiazole rings is 1. The normalized spacial score (nSPS) is 12.2. The molecular weight excluding hydrogens is 284 g/mol. The second-order valence-corrected chi connectivity index (χ2v) is 5.74. The van der Waals surface area contributed by atoms with E-state index in [1.54, 1.807) is 17.5 Å². The van der Waals surface area contributed by atoms with Crippen LogP contribution in [0.25, 0.3) is 0 Å². The zero-order chi connectivity index (χ0) is 14.0. The Morgan fingerprint density at radius 2 is 2.21 bits per heavy atom. The fourth-order valence-electron chi connectivity index (χ4n) is 1.53. The van der Waals surface area contributed by atoms with E-state index in [0.717, 1.165) is 9.88 Å². The fourth-order valence-corrected chi connectivity index (χ4v) is 2.50. The average Bonchev–Trinajstić information content (AvgIpc) is 2.79. The van der Waals surface area contributed by atoms with Crippen LogP contribution in [-0.2, 0) is 0 Å². The highest BCUT2D eigenvalue weighted by atomic mass is 35.5. The van der Waals surface area contributed by atoms with Crippen molar-refractivity contribution in [3.05, 3.63) is 39.1 Å². The zero-order valence-electron chi connectivity index (χ0n) is 10.5. The molecule has 0 aliphatic rings. The highest BCUT2D eigenvalue weighted by molar-refractivity contribution is 7.11.